The molecule has 2 N–H and O–H groups in total. The Morgan fingerprint density at radius 3 is 2.67 bits per heavy atom. The molecule has 0 saturated carbocycles. The highest BCUT2D eigenvalue weighted by Crippen LogP contribution is 2.24. The molecular weight excluding hydrogens is 254 g/mol. The first-order valence-corrected chi connectivity index (χ1v) is 5.68. The standard InChI is InChI=1S/C12H13N3O2.ClH/c16-11-3-4-15(12(17)14-11)10-2-1-8-6-13-7-9(8)5-10;/h1-2,5,13H,3-4,6-7H2,(H,14,16,17);1H. The largest absolute Gasteiger partial charge is 0.328 e. The van der Waals surface area contributed by atoms with Gasteiger partial charge in [-0.25, -0.2) is 4.79 Å². The maximum atomic E-state index is 11.7. The predicted molar refractivity (Wildman–Crippen MR) is 69.7 cm³/mol. The lowest BCUT2D eigenvalue weighted by atomic mass is 10.1. The zero-order valence-corrected chi connectivity index (χ0v) is 10.5. The maximum Gasteiger partial charge on any atom is 0.328 e. The molecule has 0 aromatic heterocycles. The molecule has 0 radical (unpaired) electrons. The first-order valence-electron chi connectivity index (χ1n) is 5.68. The number of anilines is 1. The number of benzene rings is 1. The summed E-state index contributed by atoms with van der Waals surface area (Å²) in [7, 11) is 0. The van der Waals surface area contributed by atoms with Crippen LogP contribution in [0.3, 0.4) is 0 Å². The summed E-state index contributed by atoms with van der Waals surface area (Å²) in [6.45, 7) is 2.19. The average Bonchev–Trinajstić information content (AvgIpc) is 2.75. The van der Waals surface area contributed by atoms with Gasteiger partial charge >= 0.3 is 6.03 Å². The Balaban J connectivity index is 0.00000120. The van der Waals surface area contributed by atoms with Gasteiger partial charge in [-0.1, -0.05) is 6.07 Å². The molecule has 0 bridgehead atoms. The van der Waals surface area contributed by atoms with Gasteiger partial charge < -0.3 is 5.32 Å². The summed E-state index contributed by atoms with van der Waals surface area (Å²) in [6, 6.07) is 5.66. The van der Waals surface area contributed by atoms with Gasteiger partial charge in [0.05, 0.1) is 0 Å². The number of hydrogen-bond donors (Lipinski definition) is 2. The Morgan fingerprint density at radius 1 is 1.11 bits per heavy atom. The second-order valence-corrected chi connectivity index (χ2v) is 4.31. The van der Waals surface area contributed by atoms with Crippen molar-refractivity contribution in [2.24, 2.45) is 0 Å². The van der Waals surface area contributed by atoms with Crippen molar-refractivity contribution in [1.29, 1.82) is 0 Å². The van der Waals surface area contributed by atoms with E-state index in [1.54, 1.807) is 4.90 Å². The van der Waals surface area contributed by atoms with E-state index < -0.39 is 0 Å². The highest BCUT2D eigenvalue weighted by molar-refractivity contribution is 6.05. The number of rotatable bonds is 1. The number of amides is 3. The molecule has 18 heavy (non-hydrogen) atoms. The molecule has 2 aliphatic heterocycles. The van der Waals surface area contributed by atoms with Gasteiger partial charge in [0.25, 0.3) is 0 Å². The minimum atomic E-state index is -0.327. The van der Waals surface area contributed by atoms with E-state index in [2.05, 4.69) is 10.6 Å². The van der Waals surface area contributed by atoms with Gasteiger partial charge in [-0.2, -0.15) is 0 Å². The van der Waals surface area contributed by atoms with Gasteiger partial charge in [0.1, 0.15) is 0 Å². The number of nitrogens with zero attached hydrogens (tertiary/aromatic N) is 1. The number of halogens is 1. The van der Waals surface area contributed by atoms with Crippen molar-refractivity contribution in [3.8, 4) is 0 Å². The van der Waals surface area contributed by atoms with Crippen LogP contribution in [0.4, 0.5) is 10.5 Å². The lowest BCUT2D eigenvalue weighted by Gasteiger charge is -2.26. The van der Waals surface area contributed by atoms with Crippen LogP contribution < -0.4 is 15.5 Å². The van der Waals surface area contributed by atoms with Crippen molar-refractivity contribution >= 4 is 30.0 Å². The monoisotopic (exact) mass is 267 g/mol. The highest BCUT2D eigenvalue weighted by atomic mass is 35.5. The smallest absolute Gasteiger partial charge is 0.309 e. The molecular formula is C12H14ClN3O2. The van der Waals surface area contributed by atoms with Crippen molar-refractivity contribution in [3.05, 3.63) is 29.3 Å². The molecule has 6 heteroatoms. The molecule has 0 unspecified atom stereocenters. The molecule has 1 aromatic carbocycles. The number of carbonyl (C=O) groups is 2. The number of hydrogen-bond acceptors (Lipinski definition) is 3. The highest BCUT2D eigenvalue weighted by Gasteiger charge is 2.24. The summed E-state index contributed by atoms with van der Waals surface area (Å²) in [6.07, 6.45) is 0.362. The first-order chi connectivity index (χ1) is 8.24. The molecule has 96 valence electrons. The van der Waals surface area contributed by atoms with E-state index in [0.29, 0.717) is 13.0 Å². The van der Waals surface area contributed by atoms with Crippen LogP contribution >= 0.6 is 12.4 Å². The van der Waals surface area contributed by atoms with Crippen LogP contribution in [0.1, 0.15) is 17.5 Å². The van der Waals surface area contributed by atoms with Crippen molar-refractivity contribution in [3.63, 3.8) is 0 Å². The maximum absolute atomic E-state index is 11.7. The van der Waals surface area contributed by atoms with Crippen LogP contribution in [-0.2, 0) is 17.9 Å². The molecule has 3 rings (SSSR count). The first kappa shape index (κ1) is 12.9. The SMILES string of the molecule is Cl.O=C1CCN(c2ccc3c(c2)CNC3)C(=O)N1. The molecule has 0 aliphatic carbocycles. The summed E-state index contributed by atoms with van der Waals surface area (Å²) in [5.74, 6) is -0.200. The summed E-state index contributed by atoms with van der Waals surface area (Å²) in [5.41, 5.74) is 3.37. The molecule has 2 aliphatic rings. The van der Waals surface area contributed by atoms with Crippen LogP contribution in [-0.4, -0.2) is 18.5 Å². The number of fused-ring (bicyclic) bond motifs is 1. The average molecular weight is 268 g/mol. The second kappa shape index (κ2) is 4.96. The van der Waals surface area contributed by atoms with Gasteiger partial charge in [-0.3, -0.25) is 15.0 Å². The van der Waals surface area contributed by atoms with Crippen LogP contribution in [0.2, 0.25) is 0 Å². The molecule has 3 amide bonds. The number of urea groups is 1. The van der Waals surface area contributed by atoms with Gasteiger partial charge in [-0.15, -0.1) is 12.4 Å². The fraction of sp³-hybridized carbons (Fsp3) is 0.333. The van der Waals surface area contributed by atoms with Crippen molar-refractivity contribution in [2.75, 3.05) is 11.4 Å². The molecule has 0 atom stereocenters. The molecule has 0 spiro atoms. The molecule has 1 aromatic rings. The van der Waals surface area contributed by atoms with Crippen molar-refractivity contribution < 1.29 is 9.59 Å². The normalized spacial score (nSPS) is 18.1. The third-order valence-electron chi connectivity index (χ3n) is 3.19. The predicted octanol–water partition coefficient (Wildman–Crippen LogP) is 1.16. The molecule has 5 nitrogen and oxygen atoms in total. The minimum absolute atomic E-state index is 0. The van der Waals surface area contributed by atoms with Gasteiger partial charge in [0.2, 0.25) is 5.91 Å². The van der Waals surface area contributed by atoms with E-state index in [1.807, 2.05) is 18.2 Å². The van der Waals surface area contributed by atoms with Gasteiger partial charge in [0, 0.05) is 31.7 Å². The Hall–Kier alpha value is -1.59. The Kier molecular flexibility index (Phi) is 3.54. The fourth-order valence-corrected chi connectivity index (χ4v) is 2.26. The summed E-state index contributed by atoms with van der Waals surface area (Å²) >= 11 is 0. The quantitative estimate of drug-likeness (QED) is 0.803. The van der Waals surface area contributed by atoms with Crippen molar-refractivity contribution in [1.82, 2.24) is 10.6 Å². The lowest BCUT2D eigenvalue weighted by molar-refractivity contribution is -0.120. The molecule has 1 saturated heterocycles. The van der Waals surface area contributed by atoms with Crippen LogP contribution in [0.15, 0.2) is 18.2 Å². The second-order valence-electron chi connectivity index (χ2n) is 4.31. The van der Waals surface area contributed by atoms with Crippen molar-refractivity contribution in [2.45, 2.75) is 19.5 Å². The lowest BCUT2D eigenvalue weighted by Crippen LogP contribution is -2.49. The van der Waals surface area contributed by atoms with E-state index in [9.17, 15) is 9.59 Å². The molecule has 1 fully saturated rings. The topological polar surface area (TPSA) is 61.4 Å². The van der Waals surface area contributed by atoms with Gasteiger partial charge in [-0.05, 0) is 23.3 Å². The van der Waals surface area contributed by atoms with E-state index in [4.69, 9.17) is 0 Å². The molecule has 2 heterocycles. The zero-order valence-electron chi connectivity index (χ0n) is 9.73. The van der Waals surface area contributed by atoms with E-state index in [-0.39, 0.29) is 24.3 Å². The Bertz CT molecular complexity index is 504. The Labute approximate surface area is 111 Å². The third-order valence-corrected chi connectivity index (χ3v) is 3.19. The van der Waals surface area contributed by atoms with E-state index >= 15 is 0 Å². The van der Waals surface area contributed by atoms with E-state index in [1.165, 1.54) is 11.1 Å². The summed E-state index contributed by atoms with van der Waals surface area (Å²) < 4.78 is 0. The Morgan fingerprint density at radius 2 is 1.89 bits per heavy atom. The fourth-order valence-electron chi connectivity index (χ4n) is 2.26. The summed E-state index contributed by atoms with van der Waals surface area (Å²) in [4.78, 5) is 24.4. The third kappa shape index (κ3) is 2.19. The zero-order chi connectivity index (χ0) is 11.8. The summed E-state index contributed by atoms with van der Waals surface area (Å²) in [5, 5.41) is 5.59. The number of carbonyl (C=O) groups excluding carboxylic acids is 2. The van der Waals surface area contributed by atoms with Crippen LogP contribution in [0, 0.1) is 0 Å². The number of nitrogens with one attached hydrogen (secondary N) is 2. The van der Waals surface area contributed by atoms with Crippen LogP contribution in [0.25, 0.3) is 0 Å². The van der Waals surface area contributed by atoms with E-state index in [0.717, 1.165) is 18.8 Å². The van der Waals surface area contributed by atoms with Crippen LogP contribution in [0.5, 0.6) is 0 Å². The minimum Gasteiger partial charge on any atom is -0.309 e. The van der Waals surface area contributed by atoms with Gasteiger partial charge in [0.15, 0.2) is 0 Å². The number of imide groups is 1.